The van der Waals surface area contributed by atoms with E-state index in [-0.39, 0.29) is 17.1 Å². The SMILES string of the molecule is C#C.C=CCC1=C(COCCCN)NC2=C(C(=O)CCC(C)(C)C2)C1CN=COC. The van der Waals surface area contributed by atoms with Gasteiger partial charge in [0.2, 0.25) is 0 Å². The summed E-state index contributed by atoms with van der Waals surface area (Å²) in [6.07, 6.45) is 15.1. The molecule has 6 nitrogen and oxygen atoms in total. The zero-order valence-electron chi connectivity index (χ0n) is 18.7. The Bertz CT molecular complexity index is 702. The van der Waals surface area contributed by atoms with E-state index >= 15 is 0 Å². The van der Waals surface area contributed by atoms with Gasteiger partial charge in [0, 0.05) is 35.9 Å². The molecule has 1 heterocycles. The summed E-state index contributed by atoms with van der Waals surface area (Å²) in [6, 6.07) is 0. The number of nitrogens with two attached hydrogens (primary N) is 1. The Balaban J connectivity index is 0.00000218. The summed E-state index contributed by atoms with van der Waals surface area (Å²) in [5, 5.41) is 3.56. The van der Waals surface area contributed by atoms with Gasteiger partial charge in [-0.05, 0) is 43.2 Å². The maximum Gasteiger partial charge on any atom is 0.168 e. The van der Waals surface area contributed by atoms with Gasteiger partial charge < -0.3 is 20.5 Å². The van der Waals surface area contributed by atoms with Gasteiger partial charge in [-0.15, -0.1) is 19.4 Å². The average molecular weight is 416 g/mol. The van der Waals surface area contributed by atoms with Gasteiger partial charge in [0.15, 0.2) is 12.2 Å². The first-order valence-corrected chi connectivity index (χ1v) is 10.4. The van der Waals surface area contributed by atoms with Crippen molar-refractivity contribution in [1.82, 2.24) is 5.32 Å². The van der Waals surface area contributed by atoms with Crippen LogP contribution in [0.4, 0.5) is 0 Å². The molecule has 0 spiro atoms. The highest BCUT2D eigenvalue weighted by atomic mass is 16.5. The number of Topliss-reactive ketones (excluding diaryl/α,β-unsaturated/α-hetero) is 1. The molecular weight excluding hydrogens is 378 g/mol. The van der Waals surface area contributed by atoms with Crippen LogP contribution in [0.25, 0.3) is 0 Å². The van der Waals surface area contributed by atoms with Crippen molar-refractivity contribution in [3.63, 3.8) is 0 Å². The molecule has 166 valence electrons. The number of allylic oxidation sites excluding steroid dienone is 2. The molecule has 0 fully saturated rings. The topological polar surface area (TPSA) is 85.9 Å². The minimum atomic E-state index is -0.0739. The molecule has 1 atom stereocenters. The molecule has 0 aromatic rings. The third-order valence-corrected chi connectivity index (χ3v) is 5.34. The molecule has 1 unspecified atom stereocenters. The molecule has 3 N–H and O–H groups in total. The van der Waals surface area contributed by atoms with E-state index in [1.807, 2.05) is 6.08 Å². The van der Waals surface area contributed by atoms with Gasteiger partial charge in [-0.2, -0.15) is 0 Å². The molecular formula is C24H37N3O3. The predicted octanol–water partition coefficient (Wildman–Crippen LogP) is 3.36. The molecule has 2 aliphatic rings. The number of nitrogens with one attached hydrogen (secondary N) is 1. The molecule has 6 heteroatoms. The van der Waals surface area contributed by atoms with Crippen molar-refractivity contribution >= 4 is 12.2 Å². The number of rotatable bonds is 10. The van der Waals surface area contributed by atoms with E-state index in [1.165, 1.54) is 6.40 Å². The lowest BCUT2D eigenvalue weighted by atomic mass is 9.80. The molecule has 2 rings (SSSR count). The van der Waals surface area contributed by atoms with Gasteiger partial charge in [-0.3, -0.25) is 9.79 Å². The standard InChI is InChI=1S/C22H35N3O3.C2H2/c1-5-7-16-17(13-24-15-27-4)21-18(12-22(2,3)9-8-20(21)26)25-19(16)14-28-11-6-10-23;1-2/h5,15,17,25H,1,6-14,23H2,2-4H3;1-2H. The Morgan fingerprint density at radius 2 is 2.13 bits per heavy atom. The summed E-state index contributed by atoms with van der Waals surface area (Å²) >= 11 is 0. The van der Waals surface area contributed by atoms with E-state index in [0.29, 0.717) is 39.1 Å². The van der Waals surface area contributed by atoms with E-state index < -0.39 is 0 Å². The summed E-state index contributed by atoms with van der Waals surface area (Å²) in [5.74, 6) is 0.144. The van der Waals surface area contributed by atoms with Crippen LogP contribution >= 0.6 is 0 Å². The van der Waals surface area contributed by atoms with Gasteiger partial charge >= 0.3 is 0 Å². The Labute approximate surface area is 181 Å². The minimum Gasteiger partial charge on any atom is -0.487 e. The lowest BCUT2D eigenvalue weighted by molar-refractivity contribution is -0.116. The molecule has 30 heavy (non-hydrogen) atoms. The number of aliphatic imine (C=N–C) groups is 1. The zero-order valence-corrected chi connectivity index (χ0v) is 18.7. The molecule has 0 aromatic heterocycles. The molecule has 0 saturated heterocycles. The monoisotopic (exact) mass is 415 g/mol. The van der Waals surface area contributed by atoms with Crippen LogP contribution in [0.15, 0.2) is 40.2 Å². The summed E-state index contributed by atoms with van der Waals surface area (Å²) in [7, 11) is 1.58. The van der Waals surface area contributed by atoms with Crippen molar-refractivity contribution < 1.29 is 14.3 Å². The Kier molecular flexibility index (Phi) is 11.2. The van der Waals surface area contributed by atoms with Gasteiger partial charge in [-0.1, -0.05) is 19.9 Å². The number of ketones is 1. The van der Waals surface area contributed by atoms with Crippen LogP contribution < -0.4 is 11.1 Å². The molecule has 0 radical (unpaired) electrons. The van der Waals surface area contributed by atoms with Crippen LogP contribution in [0, 0.1) is 24.2 Å². The molecule has 0 aromatic carbocycles. The van der Waals surface area contributed by atoms with Crippen LogP contribution in [0.1, 0.15) is 46.0 Å². The van der Waals surface area contributed by atoms with Crippen molar-refractivity contribution in [3.8, 4) is 12.8 Å². The average Bonchev–Trinajstić information content (AvgIpc) is 2.84. The smallest absolute Gasteiger partial charge is 0.168 e. The Hall–Kier alpha value is -2.36. The van der Waals surface area contributed by atoms with Crippen molar-refractivity contribution in [2.24, 2.45) is 22.1 Å². The second-order valence-electron chi connectivity index (χ2n) is 8.23. The largest absolute Gasteiger partial charge is 0.487 e. The van der Waals surface area contributed by atoms with Crippen molar-refractivity contribution in [2.45, 2.75) is 46.0 Å². The fraction of sp³-hybridized carbons (Fsp3) is 0.583. The second-order valence-corrected chi connectivity index (χ2v) is 8.23. The summed E-state index contributed by atoms with van der Waals surface area (Å²) in [4.78, 5) is 17.5. The van der Waals surface area contributed by atoms with Crippen LogP contribution in [-0.4, -0.2) is 45.6 Å². The summed E-state index contributed by atoms with van der Waals surface area (Å²) in [6.45, 7) is 10.5. The molecule has 1 aliphatic heterocycles. The van der Waals surface area contributed by atoms with E-state index in [4.69, 9.17) is 15.2 Å². The highest BCUT2D eigenvalue weighted by Crippen LogP contribution is 2.42. The van der Waals surface area contributed by atoms with Crippen molar-refractivity contribution in [2.75, 3.05) is 33.4 Å². The number of hydrogen-bond acceptors (Lipinski definition) is 6. The number of ether oxygens (including phenoxy) is 2. The molecule has 1 aliphatic carbocycles. The van der Waals surface area contributed by atoms with E-state index in [1.54, 1.807) is 7.11 Å². The van der Waals surface area contributed by atoms with Crippen molar-refractivity contribution in [1.29, 1.82) is 0 Å². The van der Waals surface area contributed by atoms with Gasteiger partial charge in [0.25, 0.3) is 0 Å². The molecule has 0 saturated carbocycles. The maximum atomic E-state index is 13.1. The first-order valence-electron chi connectivity index (χ1n) is 10.4. The van der Waals surface area contributed by atoms with Crippen molar-refractivity contribution in [3.05, 3.63) is 35.2 Å². The first kappa shape index (κ1) is 25.7. The second kappa shape index (κ2) is 13.0. The third kappa shape index (κ3) is 7.16. The van der Waals surface area contributed by atoms with E-state index in [0.717, 1.165) is 41.8 Å². The number of hydrogen-bond donors (Lipinski definition) is 2. The molecule has 0 bridgehead atoms. The lowest BCUT2D eigenvalue weighted by Crippen LogP contribution is -2.34. The first-order chi connectivity index (χ1) is 14.4. The fourth-order valence-electron chi connectivity index (χ4n) is 3.91. The normalized spacial score (nSPS) is 20.7. The van der Waals surface area contributed by atoms with E-state index in [2.05, 4.69) is 43.6 Å². The number of methoxy groups -OCH3 is 1. The molecule has 0 amide bonds. The predicted molar refractivity (Wildman–Crippen MR) is 123 cm³/mol. The summed E-state index contributed by atoms with van der Waals surface area (Å²) in [5.41, 5.74) is 9.69. The minimum absolute atomic E-state index is 0.0710. The lowest BCUT2D eigenvalue weighted by Gasteiger charge is -2.33. The van der Waals surface area contributed by atoms with Crippen LogP contribution in [0.3, 0.4) is 0 Å². The van der Waals surface area contributed by atoms with Gasteiger partial charge in [0.05, 0.1) is 20.3 Å². The quantitative estimate of drug-likeness (QED) is 0.188. The number of carbonyl (C=O) groups excluding carboxylic acids is 1. The van der Waals surface area contributed by atoms with E-state index in [9.17, 15) is 4.79 Å². The summed E-state index contributed by atoms with van der Waals surface area (Å²) < 4.78 is 10.8. The highest BCUT2D eigenvalue weighted by molar-refractivity contribution is 5.98. The van der Waals surface area contributed by atoms with Gasteiger partial charge in [-0.25, -0.2) is 0 Å². The highest BCUT2D eigenvalue weighted by Gasteiger charge is 2.37. The number of dihydropyridines is 1. The number of nitrogens with zero attached hydrogens (tertiary/aromatic N) is 1. The zero-order chi connectivity index (χ0) is 22.6. The van der Waals surface area contributed by atoms with Gasteiger partial charge in [0.1, 0.15) is 0 Å². The Morgan fingerprint density at radius 1 is 1.40 bits per heavy atom. The van der Waals surface area contributed by atoms with Crippen LogP contribution in [0.2, 0.25) is 0 Å². The maximum absolute atomic E-state index is 13.1. The number of terminal acetylenes is 1. The fourth-order valence-corrected chi connectivity index (χ4v) is 3.91. The number of carbonyl (C=O) groups is 1. The van der Waals surface area contributed by atoms with Crippen LogP contribution in [0.5, 0.6) is 0 Å². The van der Waals surface area contributed by atoms with Crippen LogP contribution in [-0.2, 0) is 14.3 Å². The third-order valence-electron chi connectivity index (χ3n) is 5.34. The Morgan fingerprint density at radius 3 is 2.77 bits per heavy atom.